The fourth-order valence-electron chi connectivity index (χ4n) is 2.30. The van der Waals surface area contributed by atoms with E-state index >= 15 is 0 Å². The van der Waals surface area contributed by atoms with E-state index < -0.39 is 0 Å². The van der Waals surface area contributed by atoms with Crippen molar-refractivity contribution in [3.8, 4) is 5.75 Å². The number of benzene rings is 1. The highest BCUT2D eigenvalue weighted by Crippen LogP contribution is 2.28. The Labute approximate surface area is 124 Å². The van der Waals surface area contributed by atoms with Crippen LogP contribution in [0.1, 0.15) is 19.8 Å². The molecule has 0 fully saturated rings. The predicted molar refractivity (Wildman–Crippen MR) is 84.7 cm³/mol. The van der Waals surface area contributed by atoms with Gasteiger partial charge in [-0.3, -0.25) is 9.78 Å². The number of amides is 1. The number of hydrogen-bond donors (Lipinski definition) is 2. The molecule has 0 bridgehead atoms. The first-order valence-corrected chi connectivity index (χ1v) is 7.11. The van der Waals surface area contributed by atoms with Gasteiger partial charge in [0, 0.05) is 30.2 Å². The van der Waals surface area contributed by atoms with Crippen LogP contribution >= 0.6 is 0 Å². The summed E-state index contributed by atoms with van der Waals surface area (Å²) >= 11 is 0. The van der Waals surface area contributed by atoms with E-state index in [1.54, 1.807) is 13.3 Å². The number of carbonyl (C=O) groups excluding carboxylic acids is 1. The van der Waals surface area contributed by atoms with E-state index in [0.717, 1.165) is 41.6 Å². The molecule has 2 rings (SSSR count). The Balaban J connectivity index is 2.11. The first kappa shape index (κ1) is 15.1. The second kappa shape index (κ2) is 7.47. The lowest BCUT2D eigenvalue weighted by Crippen LogP contribution is -2.19. The number of hydrogen-bond acceptors (Lipinski definition) is 4. The highest BCUT2D eigenvalue weighted by atomic mass is 16.5. The van der Waals surface area contributed by atoms with Gasteiger partial charge in [0.05, 0.1) is 18.3 Å². The van der Waals surface area contributed by atoms with Crippen molar-refractivity contribution in [1.29, 1.82) is 0 Å². The first-order chi connectivity index (χ1) is 10.2. The largest absolute Gasteiger partial charge is 0.497 e. The summed E-state index contributed by atoms with van der Waals surface area (Å²) in [6.07, 6.45) is 4.42. The van der Waals surface area contributed by atoms with Crippen LogP contribution < -0.4 is 15.4 Å². The van der Waals surface area contributed by atoms with Crippen molar-refractivity contribution in [3.63, 3.8) is 0 Å². The number of methoxy groups -OCH3 is 1. The number of nitrogens with one attached hydrogen (secondary N) is 2. The summed E-state index contributed by atoms with van der Waals surface area (Å²) in [5.74, 6) is 0.813. The molecule has 2 N–H and O–H groups in total. The van der Waals surface area contributed by atoms with Crippen molar-refractivity contribution in [2.24, 2.45) is 0 Å². The molecule has 0 saturated carbocycles. The zero-order chi connectivity index (χ0) is 15.1. The number of carbonyl (C=O) groups is 1. The number of ether oxygens (including phenoxy) is 1. The van der Waals surface area contributed by atoms with Gasteiger partial charge in [-0.25, -0.2) is 0 Å². The quantitative estimate of drug-likeness (QED) is 0.578. The third-order valence-corrected chi connectivity index (χ3v) is 3.36. The highest BCUT2D eigenvalue weighted by Gasteiger charge is 2.08. The number of aromatic nitrogens is 1. The van der Waals surface area contributed by atoms with Gasteiger partial charge in [0.1, 0.15) is 5.75 Å². The molecule has 1 heterocycles. The van der Waals surface area contributed by atoms with E-state index in [-0.39, 0.29) is 6.04 Å². The summed E-state index contributed by atoms with van der Waals surface area (Å²) in [6, 6.07) is 8.17. The summed E-state index contributed by atoms with van der Waals surface area (Å²) < 4.78 is 5.34. The van der Waals surface area contributed by atoms with E-state index in [9.17, 15) is 4.79 Å². The maximum Gasteiger partial charge on any atom is 0.207 e. The maximum atomic E-state index is 10.2. The van der Waals surface area contributed by atoms with E-state index in [1.807, 2.05) is 24.3 Å². The highest BCUT2D eigenvalue weighted by molar-refractivity contribution is 5.91. The lowest BCUT2D eigenvalue weighted by Gasteiger charge is -2.17. The third-order valence-electron chi connectivity index (χ3n) is 3.36. The van der Waals surface area contributed by atoms with Gasteiger partial charge in [-0.15, -0.1) is 0 Å². The van der Waals surface area contributed by atoms with Gasteiger partial charge in [-0.05, 0) is 31.9 Å². The average Bonchev–Trinajstić information content (AvgIpc) is 2.51. The van der Waals surface area contributed by atoms with Crippen LogP contribution in [0.15, 0.2) is 30.5 Å². The molecule has 5 heteroatoms. The van der Waals surface area contributed by atoms with Crippen molar-refractivity contribution in [3.05, 3.63) is 30.5 Å². The molecule has 0 aliphatic rings. The van der Waals surface area contributed by atoms with Gasteiger partial charge in [-0.2, -0.15) is 0 Å². The molecule has 0 aliphatic carbocycles. The van der Waals surface area contributed by atoms with Crippen molar-refractivity contribution in [2.75, 3.05) is 19.0 Å². The molecule has 0 aliphatic heterocycles. The van der Waals surface area contributed by atoms with Crippen LogP contribution in [0, 0.1) is 0 Å². The summed E-state index contributed by atoms with van der Waals surface area (Å²) in [6.45, 7) is 2.82. The smallest absolute Gasteiger partial charge is 0.207 e. The van der Waals surface area contributed by atoms with Gasteiger partial charge in [0.2, 0.25) is 6.41 Å². The Morgan fingerprint density at radius 1 is 1.43 bits per heavy atom. The van der Waals surface area contributed by atoms with Crippen molar-refractivity contribution < 1.29 is 9.53 Å². The molecule has 1 unspecified atom stereocenters. The molecular formula is C16H21N3O2. The van der Waals surface area contributed by atoms with Crippen LogP contribution in [0.4, 0.5) is 5.69 Å². The Bertz CT molecular complexity index is 601. The van der Waals surface area contributed by atoms with Crippen molar-refractivity contribution in [1.82, 2.24) is 10.3 Å². The minimum atomic E-state index is 0.288. The second-order valence-corrected chi connectivity index (χ2v) is 5.01. The van der Waals surface area contributed by atoms with Gasteiger partial charge in [0.15, 0.2) is 0 Å². The van der Waals surface area contributed by atoms with E-state index in [1.165, 1.54) is 0 Å². The fourth-order valence-corrected chi connectivity index (χ4v) is 2.30. The average molecular weight is 287 g/mol. The summed E-state index contributed by atoms with van der Waals surface area (Å²) in [5.41, 5.74) is 1.91. The number of rotatable bonds is 8. The molecular weight excluding hydrogens is 266 g/mol. The van der Waals surface area contributed by atoms with Crippen molar-refractivity contribution in [2.45, 2.75) is 25.8 Å². The lowest BCUT2D eigenvalue weighted by molar-refractivity contribution is -0.109. The fraction of sp³-hybridized carbons (Fsp3) is 0.375. The van der Waals surface area contributed by atoms with Crippen LogP contribution in [-0.4, -0.2) is 31.1 Å². The van der Waals surface area contributed by atoms with Gasteiger partial charge in [-0.1, -0.05) is 6.07 Å². The Hall–Kier alpha value is -2.30. The van der Waals surface area contributed by atoms with E-state index in [0.29, 0.717) is 6.54 Å². The minimum Gasteiger partial charge on any atom is -0.497 e. The maximum absolute atomic E-state index is 10.2. The zero-order valence-electron chi connectivity index (χ0n) is 12.4. The SMILES string of the molecule is COc1cc(NC(C)CCCNC=O)c2ncccc2c1. The topological polar surface area (TPSA) is 63.2 Å². The molecule has 21 heavy (non-hydrogen) atoms. The first-order valence-electron chi connectivity index (χ1n) is 7.11. The monoisotopic (exact) mass is 287 g/mol. The van der Waals surface area contributed by atoms with Crippen LogP contribution in [-0.2, 0) is 4.79 Å². The Morgan fingerprint density at radius 3 is 3.05 bits per heavy atom. The summed E-state index contributed by atoms with van der Waals surface area (Å²) in [7, 11) is 1.66. The minimum absolute atomic E-state index is 0.288. The Kier molecular flexibility index (Phi) is 5.37. The molecule has 5 nitrogen and oxygen atoms in total. The molecule has 112 valence electrons. The zero-order valence-corrected chi connectivity index (χ0v) is 12.4. The van der Waals surface area contributed by atoms with Gasteiger partial charge in [0.25, 0.3) is 0 Å². The predicted octanol–water partition coefficient (Wildman–Crippen LogP) is 2.57. The molecule has 2 aromatic rings. The molecule has 0 radical (unpaired) electrons. The van der Waals surface area contributed by atoms with Crippen LogP contribution in [0.2, 0.25) is 0 Å². The van der Waals surface area contributed by atoms with Crippen molar-refractivity contribution >= 4 is 23.0 Å². The number of fused-ring (bicyclic) bond motifs is 1. The van der Waals surface area contributed by atoms with Gasteiger partial charge >= 0.3 is 0 Å². The number of anilines is 1. The third kappa shape index (κ3) is 4.08. The van der Waals surface area contributed by atoms with Crippen LogP contribution in [0.3, 0.4) is 0 Å². The molecule has 1 amide bonds. The Morgan fingerprint density at radius 2 is 2.29 bits per heavy atom. The molecule has 1 aromatic heterocycles. The summed E-state index contributed by atoms with van der Waals surface area (Å²) in [5, 5.41) is 7.20. The van der Waals surface area contributed by atoms with E-state index in [2.05, 4.69) is 22.5 Å². The van der Waals surface area contributed by atoms with Crippen LogP contribution in [0.25, 0.3) is 10.9 Å². The number of nitrogens with zero attached hydrogens (tertiary/aromatic N) is 1. The van der Waals surface area contributed by atoms with E-state index in [4.69, 9.17) is 4.74 Å². The second-order valence-electron chi connectivity index (χ2n) is 5.01. The number of pyridine rings is 1. The molecule has 1 aromatic carbocycles. The normalized spacial score (nSPS) is 11.9. The summed E-state index contributed by atoms with van der Waals surface area (Å²) in [4.78, 5) is 14.7. The lowest BCUT2D eigenvalue weighted by atomic mass is 10.1. The standard InChI is InChI=1S/C16H21N3O2/c1-12(5-3-7-17-11-20)19-15-10-14(21-2)9-13-6-4-8-18-16(13)15/h4,6,8-12,19H,3,5,7H2,1-2H3,(H,17,20). The van der Waals surface area contributed by atoms with Gasteiger partial charge < -0.3 is 15.4 Å². The van der Waals surface area contributed by atoms with Crippen LogP contribution in [0.5, 0.6) is 5.75 Å². The molecule has 0 saturated heterocycles. The molecule has 0 spiro atoms. The molecule has 1 atom stereocenters.